The zero-order valence-corrected chi connectivity index (χ0v) is 22.3. The van der Waals surface area contributed by atoms with Gasteiger partial charge in [0.05, 0.1) is 16.6 Å². The average Bonchev–Trinajstić information content (AvgIpc) is 3.06. The van der Waals surface area contributed by atoms with Gasteiger partial charge in [0.2, 0.25) is 0 Å². The lowest BCUT2D eigenvalue weighted by Crippen LogP contribution is -2.17. The van der Waals surface area contributed by atoms with E-state index in [1.54, 1.807) is 6.33 Å². The summed E-state index contributed by atoms with van der Waals surface area (Å²) in [6, 6.07) is 51.6. The van der Waals surface area contributed by atoms with Crippen LogP contribution >= 0.6 is 0 Å². The number of anilines is 3. The van der Waals surface area contributed by atoms with Crippen molar-refractivity contribution < 1.29 is 0 Å². The van der Waals surface area contributed by atoms with Crippen molar-refractivity contribution in [1.82, 2.24) is 9.97 Å². The fourth-order valence-corrected chi connectivity index (χ4v) is 5.96. The van der Waals surface area contributed by atoms with Crippen LogP contribution in [-0.2, 0) is 0 Å². The SMILES string of the molecule is c1ccc(-c2cc(-c3ccccc3)cc(N3c4ccccc4-c4cc(-c5ccccc5)cc5ncnc3c45)c2)cc1. The van der Waals surface area contributed by atoms with Crippen LogP contribution in [0.1, 0.15) is 0 Å². The molecule has 6 aromatic carbocycles. The molecule has 1 aliphatic heterocycles. The second-order valence-corrected chi connectivity index (χ2v) is 10.3. The summed E-state index contributed by atoms with van der Waals surface area (Å²) in [5.41, 5.74) is 12.4. The molecule has 1 aromatic heterocycles. The highest BCUT2D eigenvalue weighted by molar-refractivity contribution is 6.13. The molecule has 3 heteroatoms. The Hall–Kier alpha value is -5.54. The minimum atomic E-state index is 0.896. The van der Waals surface area contributed by atoms with Crippen LogP contribution < -0.4 is 4.90 Å². The Labute approximate surface area is 239 Å². The summed E-state index contributed by atoms with van der Waals surface area (Å²) in [5, 5.41) is 1.07. The molecule has 0 unspecified atom stereocenters. The number of para-hydroxylation sites is 1. The van der Waals surface area contributed by atoms with Gasteiger partial charge in [-0.1, -0.05) is 109 Å². The lowest BCUT2D eigenvalue weighted by atomic mass is 9.90. The summed E-state index contributed by atoms with van der Waals surface area (Å²) in [7, 11) is 0. The molecule has 0 atom stereocenters. The first-order valence-corrected chi connectivity index (χ1v) is 13.8. The second kappa shape index (κ2) is 9.58. The molecule has 3 nitrogen and oxygen atoms in total. The van der Waals surface area contributed by atoms with E-state index in [4.69, 9.17) is 9.97 Å². The van der Waals surface area contributed by atoms with Crippen molar-refractivity contribution in [2.45, 2.75) is 0 Å². The quantitative estimate of drug-likeness (QED) is 0.230. The molecule has 1 aliphatic rings. The third kappa shape index (κ3) is 3.98. The number of benzene rings is 6. The lowest BCUT2D eigenvalue weighted by molar-refractivity contribution is 1.14. The number of hydrogen-bond donors (Lipinski definition) is 0. The number of rotatable bonds is 4. The first-order chi connectivity index (χ1) is 20.3. The van der Waals surface area contributed by atoms with Gasteiger partial charge in [0, 0.05) is 11.3 Å². The zero-order valence-electron chi connectivity index (χ0n) is 22.3. The highest BCUT2D eigenvalue weighted by Gasteiger charge is 2.28. The molecule has 0 N–H and O–H groups in total. The highest BCUT2D eigenvalue weighted by atomic mass is 15.2. The topological polar surface area (TPSA) is 29.0 Å². The molecule has 0 bridgehead atoms. The molecular weight excluding hydrogens is 498 g/mol. The van der Waals surface area contributed by atoms with Crippen LogP contribution in [0.5, 0.6) is 0 Å². The van der Waals surface area contributed by atoms with Crippen LogP contribution in [0, 0.1) is 0 Å². The van der Waals surface area contributed by atoms with Crippen molar-refractivity contribution in [2.75, 3.05) is 4.90 Å². The average molecular weight is 524 g/mol. The van der Waals surface area contributed by atoms with Gasteiger partial charge < -0.3 is 0 Å². The van der Waals surface area contributed by atoms with Gasteiger partial charge in [-0.15, -0.1) is 0 Å². The van der Waals surface area contributed by atoms with E-state index in [1.807, 2.05) is 0 Å². The van der Waals surface area contributed by atoms with E-state index >= 15 is 0 Å². The molecular formula is C38H25N3. The van der Waals surface area contributed by atoms with Crippen molar-refractivity contribution in [3.8, 4) is 44.5 Å². The zero-order chi connectivity index (χ0) is 27.2. The maximum atomic E-state index is 4.92. The maximum absolute atomic E-state index is 4.92. The van der Waals surface area contributed by atoms with Gasteiger partial charge in [-0.05, 0) is 75.3 Å². The molecule has 8 rings (SSSR count). The number of aromatic nitrogens is 2. The minimum Gasteiger partial charge on any atom is -0.294 e. The maximum Gasteiger partial charge on any atom is 0.149 e. The van der Waals surface area contributed by atoms with Crippen LogP contribution in [0.3, 0.4) is 0 Å². The summed E-state index contributed by atoms with van der Waals surface area (Å²) in [6.07, 6.45) is 1.69. The van der Waals surface area contributed by atoms with E-state index in [0.717, 1.165) is 50.3 Å². The van der Waals surface area contributed by atoms with Gasteiger partial charge in [0.25, 0.3) is 0 Å². The van der Waals surface area contributed by atoms with Gasteiger partial charge >= 0.3 is 0 Å². The molecule has 0 fully saturated rings. The second-order valence-electron chi connectivity index (χ2n) is 10.3. The number of fused-ring (bicyclic) bond motifs is 2. The predicted octanol–water partition coefficient (Wildman–Crippen LogP) is 10.1. The smallest absolute Gasteiger partial charge is 0.149 e. The van der Waals surface area contributed by atoms with Crippen molar-refractivity contribution in [1.29, 1.82) is 0 Å². The molecule has 0 saturated heterocycles. The van der Waals surface area contributed by atoms with Crippen molar-refractivity contribution in [2.24, 2.45) is 0 Å². The Kier molecular flexibility index (Phi) is 5.46. The summed E-state index contributed by atoms with van der Waals surface area (Å²) in [4.78, 5) is 12.0. The van der Waals surface area contributed by atoms with Crippen LogP contribution in [-0.4, -0.2) is 9.97 Å². The Morgan fingerprint density at radius 2 is 0.951 bits per heavy atom. The van der Waals surface area contributed by atoms with Gasteiger partial charge in [-0.2, -0.15) is 0 Å². The van der Waals surface area contributed by atoms with E-state index in [0.29, 0.717) is 0 Å². The first-order valence-electron chi connectivity index (χ1n) is 13.8. The Morgan fingerprint density at radius 3 is 1.56 bits per heavy atom. The molecule has 0 spiro atoms. The summed E-state index contributed by atoms with van der Waals surface area (Å²) < 4.78 is 0. The largest absolute Gasteiger partial charge is 0.294 e. The predicted molar refractivity (Wildman–Crippen MR) is 170 cm³/mol. The van der Waals surface area contributed by atoms with E-state index in [9.17, 15) is 0 Å². The molecule has 0 saturated carbocycles. The Bertz CT molecular complexity index is 1980. The van der Waals surface area contributed by atoms with Crippen LogP contribution in [0.15, 0.2) is 152 Å². The van der Waals surface area contributed by atoms with Crippen LogP contribution in [0.4, 0.5) is 17.2 Å². The van der Waals surface area contributed by atoms with Crippen LogP contribution in [0.2, 0.25) is 0 Å². The van der Waals surface area contributed by atoms with Gasteiger partial charge in [0.15, 0.2) is 0 Å². The third-order valence-corrected chi connectivity index (χ3v) is 7.86. The normalized spacial score (nSPS) is 11.9. The molecule has 0 aliphatic carbocycles. The summed E-state index contributed by atoms with van der Waals surface area (Å²) in [6.45, 7) is 0. The van der Waals surface area contributed by atoms with Gasteiger partial charge in [0.1, 0.15) is 12.1 Å². The molecule has 192 valence electrons. The number of nitrogens with zero attached hydrogens (tertiary/aromatic N) is 3. The molecule has 0 amide bonds. The third-order valence-electron chi connectivity index (χ3n) is 7.86. The fraction of sp³-hybridized carbons (Fsp3) is 0. The Morgan fingerprint density at radius 1 is 0.415 bits per heavy atom. The highest BCUT2D eigenvalue weighted by Crippen LogP contribution is 2.51. The van der Waals surface area contributed by atoms with Crippen molar-refractivity contribution >= 4 is 28.1 Å². The minimum absolute atomic E-state index is 0.896. The van der Waals surface area contributed by atoms with Crippen molar-refractivity contribution in [3.63, 3.8) is 0 Å². The standard InChI is InChI=1S/C38H25N3/c1-4-12-26(13-5-1)29-20-30(27-14-6-2-7-15-27)22-32(21-29)41-36-19-11-10-18-33(36)34-23-31(28-16-8-3-9-17-28)24-35-37(34)38(41)40-25-39-35/h1-25H. The van der Waals surface area contributed by atoms with E-state index < -0.39 is 0 Å². The summed E-state index contributed by atoms with van der Waals surface area (Å²) >= 11 is 0. The van der Waals surface area contributed by atoms with Crippen LogP contribution in [0.25, 0.3) is 55.4 Å². The lowest BCUT2D eigenvalue weighted by Gasteiger charge is -2.33. The first kappa shape index (κ1) is 23.4. The summed E-state index contributed by atoms with van der Waals surface area (Å²) in [5.74, 6) is 0.896. The monoisotopic (exact) mass is 523 g/mol. The molecule has 41 heavy (non-hydrogen) atoms. The molecule has 0 radical (unpaired) electrons. The Balaban J connectivity index is 1.41. The van der Waals surface area contributed by atoms with E-state index in [1.165, 1.54) is 22.3 Å². The number of hydrogen-bond acceptors (Lipinski definition) is 3. The van der Waals surface area contributed by atoms with Gasteiger partial charge in [-0.25, -0.2) is 9.97 Å². The van der Waals surface area contributed by atoms with Crippen molar-refractivity contribution in [3.05, 3.63) is 152 Å². The molecule has 7 aromatic rings. The van der Waals surface area contributed by atoms with E-state index in [-0.39, 0.29) is 0 Å². The van der Waals surface area contributed by atoms with Gasteiger partial charge in [-0.3, -0.25) is 4.90 Å². The van der Waals surface area contributed by atoms with E-state index in [2.05, 4.69) is 150 Å². The fourth-order valence-electron chi connectivity index (χ4n) is 5.96. The molecule has 2 heterocycles.